The van der Waals surface area contributed by atoms with Crippen molar-refractivity contribution in [2.75, 3.05) is 6.61 Å². The highest BCUT2D eigenvalue weighted by atomic mass is 35.5. The van der Waals surface area contributed by atoms with E-state index in [9.17, 15) is 4.79 Å². The number of nitrogens with zero attached hydrogens (tertiary/aromatic N) is 2. The number of ether oxygens (including phenoxy) is 1. The molecule has 0 aliphatic carbocycles. The molecule has 0 saturated carbocycles. The Bertz CT molecular complexity index is 355. The molecular formula is C10H13ClN2O2. The third-order valence-corrected chi connectivity index (χ3v) is 2.11. The van der Waals surface area contributed by atoms with E-state index in [1.807, 2.05) is 6.92 Å². The molecule has 1 aromatic rings. The highest BCUT2D eigenvalue weighted by Crippen LogP contribution is 2.10. The zero-order valence-corrected chi connectivity index (χ0v) is 9.54. The summed E-state index contributed by atoms with van der Waals surface area (Å²) >= 11 is 5.71. The number of aromatic nitrogens is 2. The molecule has 0 saturated heterocycles. The normalized spacial score (nSPS) is 10.1. The topological polar surface area (TPSA) is 52.1 Å². The summed E-state index contributed by atoms with van der Waals surface area (Å²) in [4.78, 5) is 19.7. The summed E-state index contributed by atoms with van der Waals surface area (Å²) in [5, 5.41) is 0. The SMILES string of the molecule is CCOC(=O)c1cnc(CC)nc1CCl. The van der Waals surface area contributed by atoms with Gasteiger partial charge < -0.3 is 4.74 Å². The van der Waals surface area contributed by atoms with E-state index < -0.39 is 5.97 Å². The molecule has 0 N–H and O–H groups in total. The van der Waals surface area contributed by atoms with Crippen LogP contribution in [0.1, 0.15) is 35.7 Å². The van der Waals surface area contributed by atoms with Gasteiger partial charge in [-0.25, -0.2) is 14.8 Å². The smallest absolute Gasteiger partial charge is 0.341 e. The Kier molecular flexibility index (Phi) is 4.49. The minimum Gasteiger partial charge on any atom is -0.462 e. The Balaban J connectivity index is 3.02. The third kappa shape index (κ3) is 2.89. The third-order valence-electron chi connectivity index (χ3n) is 1.86. The average molecular weight is 229 g/mol. The van der Waals surface area contributed by atoms with Gasteiger partial charge in [0, 0.05) is 12.6 Å². The number of carbonyl (C=O) groups excluding carboxylic acids is 1. The maximum absolute atomic E-state index is 11.5. The zero-order chi connectivity index (χ0) is 11.3. The van der Waals surface area contributed by atoms with Gasteiger partial charge in [-0.3, -0.25) is 0 Å². The molecule has 15 heavy (non-hydrogen) atoms. The van der Waals surface area contributed by atoms with E-state index in [0.29, 0.717) is 30.1 Å². The van der Waals surface area contributed by atoms with Gasteiger partial charge in [0.25, 0.3) is 0 Å². The molecule has 1 heterocycles. The first-order valence-electron chi connectivity index (χ1n) is 4.80. The lowest BCUT2D eigenvalue weighted by molar-refractivity contribution is 0.0524. The Morgan fingerprint density at radius 1 is 1.53 bits per heavy atom. The van der Waals surface area contributed by atoms with Crippen LogP contribution in [0, 0.1) is 0 Å². The van der Waals surface area contributed by atoms with Crippen LogP contribution in [0.3, 0.4) is 0 Å². The van der Waals surface area contributed by atoms with Crippen molar-refractivity contribution in [3.63, 3.8) is 0 Å². The van der Waals surface area contributed by atoms with Crippen molar-refractivity contribution in [2.45, 2.75) is 26.1 Å². The fourth-order valence-corrected chi connectivity index (χ4v) is 1.31. The van der Waals surface area contributed by atoms with Crippen LogP contribution >= 0.6 is 11.6 Å². The summed E-state index contributed by atoms with van der Waals surface area (Å²) in [7, 11) is 0. The molecular weight excluding hydrogens is 216 g/mol. The van der Waals surface area contributed by atoms with Crippen LogP contribution in [0.15, 0.2) is 6.20 Å². The fraction of sp³-hybridized carbons (Fsp3) is 0.500. The molecule has 82 valence electrons. The van der Waals surface area contributed by atoms with Gasteiger partial charge in [0.05, 0.1) is 18.2 Å². The molecule has 4 nitrogen and oxygen atoms in total. The Morgan fingerprint density at radius 3 is 2.80 bits per heavy atom. The molecule has 0 aliphatic rings. The average Bonchev–Trinajstić information content (AvgIpc) is 2.28. The van der Waals surface area contributed by atoms with Gasteiger partial charge in [-0.2, -0.15) is 0 Å². The second kappa shape index (κ2) is 5.66. The van der Waals surface area contributed by atoms with Gasteiger partial charge in [0.15, 0.2) is 0 Å². The largest absolute Gasteiger partial charge is 0.462 e. The molecule has 0 radical (unpaired) electrons. The van der Waals surface area contributed by atoms with Crippen LogP contribution in [0.5, 0.6) is 0 Å². The summed E-state index contributed by atoms with van der Waals surface area (Å²) in [6.45, 7) is 4.02. The molecule has 0 bridgehead atoms. The van der Waals surface area contributed by atoms with Crippen LogP contribution in [0.2, 0.25) is 0 Å². The lowest BCUT2D eigenvalue weighted by atomic mass is 10.2. The van der Waals surface area contributed by atoms with E-state index in [1.54, 1.807) is 6.92 Å². The van der Waals surface area contributed by atoms with Gasteiger partial charge in [0.1, 0.15) is 11.4 Å². The van der Waals surface area contributed by atoms with Crippen LogP contribution in [0.4, 0.5) is 0 Å². The Hall–Kier alpha value is -1.16. The number of alkyl halides is 1. The highest BCUT2D eigenvalue weighted by molar-refractivity contribution is 6.17. The molecule has 5 heteroatoms. The summed E-state index contributed by atoms with van der Waals surface area (Å²) in [5.41, 5.74) is 0.881. The summed E-state index contributed by atoms with van der Waals surface area (Å²) in [5.74, 6) is 0.443. The summed E-state index contributed by atoms with van der Waals surface area (Å²) in [6.07, 6.45) is 2.19. The van der Waals surface area contributed by atoms with Crippen molar-refractivity contribution < 1.29 is 9.53 Å². The molecule has 0 amide bonds. The maximum Gasteiger partial charge on any atom is 0.341 e. The predicted molar refractivity (Wildman–Crippen MR) is 56.9 cm³/mol. The summed E-state index contributed by atoms with van der Waals surface area (Å²) in [6, 6.07) is 0. The van der Waals surface area contributed by atoms with Crippen molar-refractivity contribution in [1.82, 2.24) is 9.97 Å². The van der Waals surface area contributed by atoms with Crippen molar-refractivity contribution in [3.05, 3.63) is 23.3 Å². The minimum atomic E-state index is -0.421. The predicted octanol–water partition coefficient (Wildman–Crippen LogP) is 1.95. The fourth-order valence-electron chi connectivity index (χ4n) is 1.11. The van der Waals surface area contributed by atoms with Crippen molar-refractivity contribution in [1.29, 1.82) is 0 Å². The first-order valence-corrected chi connectivity index (χ1v) is 5.34. The molecule has 0 spiro atoms. The Labute approximate surface area is 93.6 Å². The van der Waals surface area contributed by atoms with Gasteiger partial charge >= 0.3 is 5.97 Å². The molecule has 1 rings (SSSR count). The lowest BCUT2D eigenvalue weighted by Crippen LogP contribution is -2.11. The van der Waals surface area contributed by atoms with E-state index in [-0.39, 0.29) is 5.88 Å². The summed E-state index contributed by atoms with van der Waals surface area (Å²) < 4.78 is 4.87. The number of carbonyl (C=O) groups is 1. The monoisotopic (exact) mass is 228 g/mol. The number of aryl methyl sites for hydroxylation is 1. The second-order valence-electron chi connectivity index (χ2n) is 2.85. The maximum atomic E-state index is 11.5. The van der Waals surface area contributed by atoms with Gasteiger partial charge in [-0.05, 0) is 6.92 Å². The highest BCUT2D eigenvalue weighted by Gasteiger charge is 2.14. The molecule has 0 unspecified atom stereocenters. The van der Waals surface area contributed by atoms with Crippen molar-refractivity contribution >= 4 is 17.6 Å². The van der Waals surface area contributed by atoms with Crippen molar-refractivity contribution in [2.24, 2.45) is 0 Å². The number of hydrogen-bond donors (Lipinski definition) is 0. The van der Waals surface area contributed by atoms with E-state index in [1.165, 1.54) is 6.20 Å². The standard InChI is InChI=1S/C10H13ClN2O2/c1-3-9-12-6-7(8(5-11)13-9)10(14)15-4-2/h6H,3-5H2,1-2H3. The molecule has 0 aliphatic heterocycles. The number of hydrogen-bond acceptors (Lipinski definition) is 4. The van der Waals surface area contributed by atoms with Gasteiger partial charge in [-0.1, -0.05) is 6.92 Å². The molecule has 0 fully saturated rings. The minimum absolute atomic E-state index is 0.184. The van der Waals surface area contributed by atoms with Crippen LogP contribution in [-0.4, -0.2) is 22.5 Å². The Morgan fingerprint density at radius 2 is 2.27 bits per heavy atom. The molecule has 1 aromatic heterocycles. The quantitative estimate of drug-likeness (QED) is 0.584. The second-order valence-corrected chi connectivity index (χ2v) is 3.12. The van der Waals surface area contributed by atoms with Crippen LogP contribution in [-0.2, 0) is 17.0 Å². The number of esters is 1. The van der Waals surface area contributed by atoms with E-state index in [0.717, 1.165) is 0 Å². The van der Waals surface area contributed by atoms with Crippen LogP contribution in [0.25, 0.3) is 0 Å². The van der Waals surface area contributed by atoms with Crippen molar-refractivity contribution in [3.8, 4) is 0 Å². The van der Waals surface area contributed by atoms with Gasteiger partial charge in [0.2, 0.25) is 0 Å². The number of halogens is 1. The van der Waals surface area contributed by atoms with Gasteiger partial charge in [-0.15, -0.1) is 11.6 Å². The van der Waals surface area contributed by atoms with E-state index >= 15 is 0 Å². The molecule has 0 atom stereocenters. The van der Waals surface area contributed by atoms with Crippen LogP contribution < -0.4 is 0 Å². The lowest BCUT2D eigenvalue weighted by Gasteiger charge is -2.06. The number of rotatable bonds is 4. The van der Waals surface area contributed by atoms with E-state index in [2.05, 4.69) is 9.97 Å². The first-order chi connectivity index (χ1) is 7.22. The molecule has 0 aromatic carbocycles. The van der Waals surface area contributed by atoms with E-state index in [4.69, 9.17) is 16.3 Å². The first kappa shape index (κ1) is 11.9. The zero-order valence-electron chi connectivity index (χ0n) is 8.79.